The molecule has 1 aromatic carbocycles. The summed E-state index contributed by atoms with van der Waals surface area (Å²) in [5.41, 5.74) is 0.836. The molecule has 1 aromatic heterocycles. The Bertz CT molecular complexity index is 548. The summed E-state index contributed by atoms with van der Waals surface area (Å²) in [5, 5.41) is 10.2. The van der Waals surface area contributed by atoms with Gasteiger partial charge in [-0.2, -0.15) is 0 Å². The molecule has 90 valence electrons. The van der Waals surface area contributed by atoms with Crippen molar-refractivity contribution in [1.82, 2.24) is 0 Å². The van der Waals surface area contributed by atoms with Crippen LogP contribution < -0.4 is 0 Å². The fourth-order valence-electron chi connectivity index (χ4n) is 1.81. The summed E-state index contributed by atoms with van der Waals surface area (Å²) in [5.74, 6) is 0.875. The number of rotatable bonds is 2. The third kappa shape index (κ3) is 2.42. The van der Waals surface area contributed by atoms with Crippen LogP contribution >= 0.6 is 15.9 Å². The molecular weight excluding hydrogens is 287 g/mol. The van der Waals surface area contributed by atoms with Crippen LogP contribution in [0.1, 0.15) is 28.8 Å². The van der Waals surface area contributed by atoms with E-state index in [0.29, 0.717) is 17.1 Å². The maximum atomic E-state index is 13.6. The minimum atomic E-state index is -1.01. The van der Waals surface area contributed by atoms with Gasteiger partial charge in [-0.25, -0.2) is 4.39 Å². The van der Waals surface area contributed by atoms with Crippen LogP contribution in [-0.4, -0.2) is 5.11 Å². The highest BCUT2D eigenvalue weighted by atomic mass is 79.9. The van der Waals surface area contributed by atoms with Crippen LogP contribution in [0, 0.1) is 19.7 Å². The summed E-state index contributed by atoms with van der Waals surface area (Å²) in [6.07, 6.45) is -1.01. The molecule has 0 aliphatic rings. The van der Waals surface area contributed by atoms with Crippen molar-refractivity contribution in [1.29, 1.82) is 0 Å². The van der Waals surface area contributed by atoms with Crippen molar-refractivity contribution in [2.24, 2.45) is 0 Å². The molecule has 0 amide bonds. The van der Waals surface area contributed by atoms with Crippen LogP contribution in [0.4, 0.5) is 4.39 Å². The van der Waals surface area contributed by atoms with E-state index < -0.39 is 11.9 Å². The molecule has 0 fully saturated rings. The second-order valence-corrected chi connectivity index (χ2v) is 4.85. The SMILES string of the molecule is Cc1cc(C(O)c2cc(Br)ccc2F)c(C)o1. The predicted molar refractivity (Wildman–Crippen MR) is 66.3 cm³/mol. The van der Waals surface area contributed by atoms with Gasteiger partial charge >= 0.3 is 0 Å². The fraction of sp³-hybridized carbons (Fsp3) is 0.231. The Kier molecular flexibility index (Phi) is 3.35. The van der Waals surface area contributed by atoms with Gasteiger partial charge in [-0.05, 0) is 38.1 Å². The lowest BCUT2D eigenvalue weighted by atomic mass is 10.0. The molecule has 0 aliphatic heterocycles. The van der Waals surface area contributed by atoms with E-state index in [9.17, 15) is 9.50 Å². The first-order valence-corrected chi connectivity index (χ1v) is 5.98. The first-order chi connectivity index (χ1) is 7.99. The van der Waals surface area contributed by atoms with E-state index in [1.807, 2.05) is 0 Å². The van der Waals surface area contributed by atoms with Crippen LogP contribution in [0.2, 0.25) is 0 Å². The van der Waals surface area contributed by atoms with Crippen LogP contribution in [0.15, 0.2) is 33.2 Å². The number of hydrogen-bond donors (Lipinski definition) is 1. The lowest BCUT2D eigenvalue weighted by molar-refractivity contribution is 0.212. The van der Waals surface area contributed by atoms with E-state index >= 15 is 0 Å². The monoisotopic (exact) mass is 298 g/mol. The van der Waals surface area contributed by atoms with E-state index in [2.05, 4.69) is 15.9 Å². The van der Waals surface area contributed by atoms with Crippen LogP contribution in [0.3, 0.4) is 0 Å². The highest BCUT2D eigenvalue weighted by Crippen LogP contribution is 2.30. The predicted octanol–water partition coefficient (Wildman–Crippen LogP) is 3.88. The third-order valence-electron chi connectivity index (χ3n) is 2.63. The first kappa shape index (κ1) is 12.3. The van der Waals surface area contributed by atoms with Crippen molar-refractivity contribution in [3.8, 4) is 0 Å². The number of aliphatic hydroxyl groups is 1. The van der Waals surface area contributed by atoms with Crippen molar-refractivity contribution < 1.29 is 13.9 Å². The highest BCUT2D eigenvalue weighted by molar-refractivity contribution is 9.10. The van der Waals surface area contributed by atoms with Gasteiger partial charge in [0.15, 0.2) is 0 Å². The Morgan fingerprint density at radius 1 is 1.24 bits per heavy atom. The van der Waals surface area contributed by atoms with Gasteiger partial charge in [-0.1, -0.05) is 15.9 Å². The minimum absolute atomic E-state index is 0.239. The third-order valence-corrected chi connectivity index (χ3v) is 3.12. The molecule has 1 unspecified atom stereocenters. The van der Waals surface area contributed by atoms with Gasteiger partial charge in [0, 0.05) is 15.6 Å². The maximum absolute atomic E-state index is 13.6. The van der Waals surface area contributed by atoms with Crippen molar-refractivity contribution in [3.05, 3.63) is 57.2 Å². The van der Waals surface area contributed by atoms with Crippen molar-refractivity contribution in [2.75, 3.05) is 0 Å². The Balaban J connectivity index is 2.46. The standard InChI is InChI=1S/C13H12BrFO2/c1-7-5-10(8(2)17-7)13(16)11-6-9(14)3-4-12(11)15/h3-6,13,16H,1-2H3. The van der Waals surface area contributed by atoms with E-state index in [1.165, 1.54) is 6.07 Å². The summed E-state index contributed by atoms with van der Waals surface area (Å²) >= 11 is 3.26. The van der Waals surface area contributed by atoms with Gasteiger partial charge < -0.3 is 9.52 Å². The molecular formula is C13H12BrFO2. The van der Waals surface area contributed by atoms with Crippen LogP contribution in [0.5, 0.6) is 0 Å². The Labute approximate surface area is 107 Å². The van der Waals surface area contributed by atoms with Crippen LogP contribution in [-0.2, 0) is 0 Å². The molecule has 1 atom stereocenters. The van der Waals surface area contributed by atoms with E-state index in [-0.39, 0.29) is 5.56 Å². The minimum Gasteiger partial charge on any atom is -0.466 e. The Morgan fingerprint density at radius 3 is 2.53 bits per heavy atom. The molecule has 0 saturated carbocycles. The summed E-state index contributed by atoms with van der Waals surface area (Å²) in [6, 6.07) is 6.21. The zero-order valence-electron chi connectivity index (χ0n) is 9.50. The number of aliphatic hydroxyl groups excluding tert-OH is 1. The Hall–Kier alpha value is -1.13. The lowest BCUT2D eigenvalue weighted by Gasteiger charge is -2.11. The van der Waals surface area contributed by atoms with Crippen LogP contribution in [0.25, 0.3) is 0 Å². The number of furan rings is 1. The quantitative estimate of drug-likeness (QED) is 0.913. The second kappa shape index (κ2) is 4.63. The van der Waals surface area contributed by atoms with E-state index in [0.717, 1.165) is 4.47 Å². The summed E-state index contributed by atoms with van der Waals surface area (Å²) < 4.78 is 19.7. The first-order valence-electron chi connectivity index (χ1n) is 5.19. The summed E-state index contributed by atoms with van der Waals surface area (Å²) in [6.45, 7) is 3.54. The number of hydrogen-bond acceptors (Lipinski definition) is 2. The molecule has 1 heterocycles. The number of halogens is 2. The normalized spacial score (nSPS) is 12.8. The maximum Gasteiger partial charge on any atom is 0.129 e. The largest absolute Gasteiger partial charge is 0.466 e. The molecule has 0 saturated heterocycles. The van der Waals surface area contributed by atoms with Gasteiger partial charge in [0.05, 0.1) is 0 Å². The van der Waals surface area contributed by atoms with Gasteiger partial charge in [-0.3, -0.25) is 0 Å². The number of benzene rings is 1. The number of aryl methyl sites for hydroxylation is 2. The molecule has 0 spiro atoms. The topological polar surface area (TPSA) is 33.4 Å². The molecule has 1 N–H and O–H groups in total. The highest BCUT2D eigenvalue weighted by Gasteiger charge is 2.19. The average Bonchev–Trinajstić information content (AvgIpc) is 2.60. The Morgan fingerprint density at radius 2 is 1.94 bits per heavy atom. The molecule has 4 heteroatoms. The van der Waals surface area contributed by atoms with Crippen molar-refractivity contribution in [3.63, 3.8) is 0 Å². The molecule has 0 radical (unpaired) electrons. The molecule has 2 aromatic rings. The van der Waals surface area contributed by atoms with Crippen molar-refractivity contribution in [2.45, 2.75) is 20.0 Å². The fourth-order valence-corrected chi connectivity index (χ4v) is 2.19. The molecule has 2 rings (SSSR count). The van der Waals surface area contributed by atoms with Gasteiger partial charge in [0.1, 0.15) is 23.4 Å². The summed E-state index contributed by atoms with van der Waals surface area (Å²) in [7, 11) is 0. The van der Waals surface area contributed by atoms with Crippen molar-refractivity contribution >= 4 is 15.9 Å². The van der Waals surface area contributed by atoms with E-state index in [1.54, 1.807) is 32.0 Å². The van der Waals surface area contributed by atoms with Gasteiger partial charge in [0.25, 0.3) is 0 Å². The van der Waals surface area contributed by atoms with Gasteiger partial charge in [0.2, 0.25) is 0 Å². The molecule has 0 aliphatic carbocycles. The molecule has 0 bridgehead atoms. The average molecular weight is 299 g/mol. The molecule has 2 nitrogen and oxygen atoms in total. The van der Waals surface area contributed by atoms with Gasteiger partial charge in [-0.15, -0.1) is 0 Å². The molecule has 17 heavy (non-hydrogen) atoms. The smallest absolute Gasteiger partial charge is 0.129 e. The van der Waals surface area contributed by atoms with E-state index in [4.69, 9.17) is 4.42 Å². The zero-order valence-corrected chi connectivity index (χ0v) is 11.1. The zero-order chi connectivity index (χ0) is 12.6. The summed E-state index contributed by atoms with van der Waals surface area (Å²) in [4.78, 5) is 0. The second-order valence-electron chi connectivity index (χ2n) is 3.94. The lowest BCUT2D eigenvalue weighted by Crippen LogP contribution is -2.02.